The molecule has 1 unspecified atom stereocenters. The molecule has 0 aliphatic carbocycles. The van der Waals surface area contributed by atoms with Gasteiger partial charge in [0.2, 0.25) is 0 Å². The molecule has 0 aromatic rings. The zero-order valence-electron chi connectivity index (χ0n) is 8.68. The normalized spacial score (nSPS) is 23.0. The lowest BCUT2D eigenvalue weighted by atomic mass is 10.2. The number of hydrogen-bond acceptors (Lipinski definition) is 3. The first kappa shape index (κ1) is 11.1. The maximum absolute atomic E-state index is 5.16. The lowest BCUT2D eigenvalue weighted by Crippen LogP contribution is -2.35. The lowest BCUT2D eigenvalue weighted by molar-refractivity contribution is 0.297. The molecule has 1 saturated heterocycles. The van der Waals surface area contributed by atoms with E-state index >= 15 is 0 Å². The summed E-state index contributed by atoms with van der Waals surface area (Å²) in [7, 11) is 2.19. The zero-order valence-corrected chi connectivity index (χ0v) is 9.49. The van der Waals surface area contributed by atoms with Gasteiger partial charge in [0.1, 0.15) is 0 Å². The molecule has 1 heterocycles. The van der Waals surface area contributed by atoms with Gasteiger partial charge in [-0.2, -0.15) is 0 Å². The number of unbranched alkanes of at least 4 members (excludes halogenated alkanes) is 1. The molecule has 13 heavy (non-hydrogen) atoms. The molecule has 0 saturated carbocycles. The average molecular weight is 200 g/mol. The molecule has 1 aliphatic rings. The maximum Gasteiger partial charge on any atom is 0.0273 e. The Labute approximate surface area is 86.7 Å². The summed E-state index contributed by atoms with van der Waals surface area (Å²) in [6.45, 7) is 5.53. The summed E-state index contributed by atoms with van der Waals surface area (Å²) in [5, 5.41) is 3.43. The van der Waals surface area contributed by atoms with Crippen molar-refractivity contribution in [1.82, 2.24) is 10.2 Å². The number of likely N-dealkylation sites (N-methyl/N-ethyl adjacent to an activating group) is 1. The van der Waals surface area contributed by atoms with Gasteiger partial charge in [0, 0.05) is 24.0 Å². The first-order valence-corrected chi connectivity index (χ1v) is 5.56. The van der Waals surface area contributed by atoms with E-state index in [9.17, 15) is 0 Å². The molecule has 0 aromatic heterocycles. The fourth-order valence-electron chi connectivity index (χ4n) is 1.70. The van der Waals surface area contributed by atoms with Crippen molar-refractivity contribution >= 4 is 17.1 Å². The Morgan fingerprint density at radius 3 is 2.92 bits per heavy atom. The van der Waals surface area contributed by atoms with Crippen molar-refractivity contribution < 1.29 is 0 Å². The Morgan fingerprint density at radius 1 is 1.62 bits per heavy atom. The van der Waals surface area contributed by atoms with Gasteiger partial charge >= 0.3 is 0 Å². The highest BCUT2D eigenvalue weighted by atomic mass is 32.1. The third-order valence-electron chi connectivity index (χ3n) is 2.49. The Kier molecular flexibility index (Phi) is 4.84. The van der Waals surface area contributed by atoms with Crippen molar-refractivity contribution in [3.63, 3.8) is 0 Å². The molecule has 0 aromatic carbocycles. The maximum atomic E-state index is 5.16. The van der Waals surface area contributed by atoms with Crippen LogP contribution in [0.1, 0.15) is 26.2 Å². The fourth-order valence-corrected chi connectivity index (χ4v) is 1.99. The van der Waals surface area contributed by atoms with Crippen LogP contribution in [0.5, 0.6) is 0 Å². The predicted molar refractivity (Wildman–Crippen MR) is 61.4 cm³/mol. The van der Waals surface area contributed by atoms with Gasteiger partial charge in [-0.1, -0.05) is 25.6 Å². The van der Waals surface area contributed by atoms with Crippen LogP contribution in [-0.2, 0) is 0 Å². The number of hydrogen-bond donors (Lipinski definition) is 1. The van der Waals surface area contributed by atoms with Crippen LogP contribution in [0.15, 0.2) is 0 Å². The lowest BCUT2D eigenvalue weighted by Gasteiger charge is -2.20. The van der Waals surface area contributed by atoms with E-state index in [-0.39, 0.29) is 0 Å². The van der Waals surface area contributed by atoms with E-state index in [4.69, 9.17) is 12.2 Å². The Balaban J connectivity index is 2.13. The molecular weight excluding hydrogens is 180 g/mol. The van der Waals surface area contributed by atoms with Crippen molar-refractivity contribution in [1.29, 1.82) is 0 Å². The van der Waals surface area contributed by atoms with Crippen LogP contribution in [0.2, 0.25) is 0 Å². The largest absolute Gasteiger partial charge is 0.308 e. The quantitative estimate of drug-likeness (QED) is 0.676. The molecule has 1 rings (SSSR count). The van der Waals surface area contributed by atoms with E-state index in [0.717, 1.165) is 19.5 Å². The molecule has 0 spiro atoms. The van der Waals surface area contributed by atoms with Gasteiger partial charge in [0.05, 0.1) is 0 Å². The van der Waals surface area contributed by atoms with Crippen LogP contribution in [0.3, 0.4) is 0 Å². The SMILES string of the molecule is CCCCN(C)CC1CC(=S)CN1. The first-order chi connectivity index (χ1) is 6.22. The standard InChI is InChI=1S/C10H20N2S/c1-3-4-5-12(2)8-9-6-10(13)7-11-9/h9,11H,3-8H2,1-2H3. The summed E-state index contributed by atoms with van der Waals surface area (Å²) in [6.07, 6.45) is 3.67. The molecule has 2 nitrogen and oxygen atoms in total. The molecule has 76 valence electrons. The molecule has 1 aliphatic heterocycles. The van der Waals surface area contributed by atoms with E-state index in [0.29, 0.717) is 6.04 Å². The van der Waals surface area contributed by atoms with Gasteiger partial charge in [0.25, 0.3) is 0 Å². The summed E-state index contributed by atoms with van der Waals surface area (Å²) in [6, 6.07) is 0.606. The average Bonchev–Trinajstić information content (AvgIpc) is 2.48. The molecule has 1 N–H and O–H groups in total. The topological polar surface area (TPSA) is 15.3 Å². The first-order valence-electron chi connectivity index (χ1n) is 5.16. The number of nitrogens with zero attached hydrogens (tertiary/aromatic N) is 1. The molecular formula is C10H20N2S. The summed E-state index contributed by atoms with van der Waals surface area (Å²) in [4.78, 5) is 3.59. The van der Waals surface area contributed by atoms with Gasteiger partial charge < -0.3 is 10.2 Å². The minimum atomic E-state index is 0.606. The molecule has 3 heteroatoms. The monoisotopic (exact) mass is 200 g/mol. The Morgan fingerprint density at radius 2 is 2.38 bits per heavy atom. The highest BCUT2D eigenvalue weighted by molar-refractivity contribution is 7.80. The smallest absolute Gasteiger partial charge is 0.0273 e. The predicted octanol–water partition coefficient (Wildman–Crippen LogP) is 1.45. The van der Waals surface area contributed by atoms with Gasteiger partial charge in [-0.3, -0.25) is 0 Å². The summed E-state index contributed by atoms with van der Waals surface area (Å²) in [5.41, 5.74) is 0. The van der Waals surface area contributed by atoms with Crippen LogP contribution < -0.4 is 5.32 Å². The highest BCUT2D eigenvalue weighted by Crippen LogP contribution is 2.05. The molecule has 0 bridgehead atoms. The van der Waals surface area contributed by atoms with Gasteiger partial charge in [-0.05, 0) is 26.4 Å². The van der Waals surface area contributed by atoms with Crippen LogP contribution in [0, 0.1) is 0 Å². The van der Waals surface area contributed by atoms with Gasteiger partial charge in [-0.15, -0.1) is 0 Å². The minimum absolute atomic E-state index is 0.606. The minimum Gasteiger partial charge on any atom is -0.308 e. The number of rotatable bonds is 5. The van der Waals surface area contributed by atoms with Crippen molar-refractivity contribution in [3.05, 3.63) is 0 Å². The highest BCUT2D eigenvalue weighted by Gasteiger charge is 2.19. The second-order valence-corrected chi connectivity index (χ2v) is 4.51. The summed E-state index contributed by atoms with van der Waals surface area (Å²) >= 11 is 5.16. The van der Waals surface area contributed by atoms with Crippen molar-refractivity contribution in [2.24, 2.45) is 0 Å². The van der Waals surface area contributed by atoms with Crippen molar-refractivity contribution in [3.8, 4) is 0 Å². The second-order valence-electron chi connectivity index (χ2n) is 3.94. The van der Waals surface area contributed by atoms with Crippen LogP contribution >= 0.6 is 12.2 Å². The van der Waals surface area contributed by atoms with E-state index in [1.165, 1.54) is 24.3 Å². The van der Waals surface area contributed by atoms with E-state index < -0.39 is 0 Å². The van der Waals surface area contributed by atoms with Gasteiger partial charge in [-0.25, -0.2) is 0 Å². The third-order valence-corrected chi connectivity index (χ3v) is 2.80. The fraction of sp³-hybridized carbons (Fsp3) is 0.900. The van der Waals surface area contributed by atoms with E-state index in [1.54, 1.807) is 0 Å². The van der Waals surface area contributed by atoms with E-state index in [1.807, 2.05) is 0 Å². The number of nitrogens with one attached hydrogen (secondary N) is 1. The Hall–Kier alpha value is 0.01000. The van der Waals surface area contributed by atoms with Crippen molar-refractivity contribution in [2.75, 3.05) is 26.7 Å². The molecule has 0 amide bonds. The second kappa shape index (κ2) is 5.68. The molecule has 0 radical (unpaired) electrons. The van der Waals surface area contributed by atoms with E-state index in [2.05, 4.69) is 24.2 Å². The van der Waals surface area contributed by atoms with Gasteiger partial charge in [0.15, 0.2) is 0 Å². The summed E-state index contributed by atoms with van der Waals surface area (Å²) in [5.74, 6) is 0. The third kappa shape index (κ3) is 4.16. The molecule has 1 atom stereocenters. The van der Waals surface area contributed by atoms with Crippen molar-refractivity contribution in [2.45, 2.75) is 32.2 Å². The zero-order chi connectivity index (χ0) is 9.68. The van der Waals surface area contributed by atoms with Crippen LogP contribution in [0.25, 0.3) is 0 Å². The van der Waals surface area contributed by atoms with Crippen LogP contribution in [-0.4, -0.2) is 42.5 Å². The molecule has 1 fully saturated rings. The summed E-state index contributed by atoms with van der Waals surface area (Å²) < 4.78 is 0. The van der Waals surface area contributed by atoms with Crippen LogP contribution in [0.4, 0.5) is 0 Å². The number of thiocarbonyl (C=S) groups is 1. The Bertz CT molecular complexity index is 170.